The molecule has 198 valence electrons. The van der Waals surface area contributed by atoms with Crippen molar-refractivity contribution in [3.8, 4) is 0 Å². The number of halogens is 2. The maximum atomic E-state index is 13.5. The van der Waals surface area contributed by atoms with Crippen LogP contribution in [-0.4, -0.2) is 35.4 Å². The van der Waals surface area contributed by atoms with Crippen LogP contribution >= 0.6 is 0 Å². The first-order valence-electron chi connectivity index (χ1n) is 12.0. The molecule has 6 nitrogen and oxygen atoms in total. The molecule has 0 radical (unpaired) electrons. The molecule has 0 aromatic heterocycles. The summed E-state index contributed by atoms with van der Waals surface area (Å²) < 4.78 is 43.9. The van der Waals surface area contributed by atoms with E-state index in [0.717, 1.165) is 11.1 Å². The first-order valence-corrected chi connectivity index (χ1v) is 12.0. The number of nitrogens with one attached hydrogen (secondary N) is 1. The summed E-state index contributed by atoms with van der Waals surface area (Å²) in [5, 5.41) is 2.49. The van der Waals surface area contributed by atoms with Gasteiger partial charge in [-0.1, -0.05) is 24.3 Å². The second-order valence-corrected chi connectivity index (χ2v) is 10.5. The summed E-state index contributed by atoms with van der Waals surface area (Å²) in [7, 11) is 0. The molecule has 0 fully saturated rings. The third-order valence-corrected chi connectivity index (χ3v) is 5.74. The number of hydrogen-bond donors (Lipinski definition) is 1. The van der Waals surface area contributed by atoms with Gasteiger partial charge in [0.15, 0.2) is 0 Å². The summed E-state index contributed by atoms with van der Waals surface area (Å²) in [6.45, 7) is 12.5. The lowest BCUT2D eigenvalue weighted by Crippen LogP contribution is -2.47. The van der Waals surface area contributed by atoms with Crippen LogP contribution in [0.5, 0.6) is 0 Å². The Labute approximate surface area is 212 Å². The highest BCUT2D eigenvalue weighted by molar-refractivity contribution is 5.81. The van der Waals surface area contributed by atoms with Crippen LogP contribution in [0.1, 0.15) is 59.6 Å². The summed E-state index contributed by atoms with van der Waals surface area (Å²) in [4.78, 5) is 24.8. The van der Waals surface area contributed by atoms with E-state index in [1.807, 2.05) is 13.8 Å². The normalized spacial score (nSPS) is 14.5. The Morgan fingerprint density at radius 1 is 0.861 bits per heavy atom. The van der Waals surface area contributed by atoms with Gasteiger partial charge in [0.25, 0.3) is 0 Å². The van der Waals surface area contributed by atoms with Crippen LogP contribution in [0.25, 0.3) is 0 Å². The van der Waals surface area contributed by atoms with Gasteiger partial charge in [0.05, 0.1) is 12.2 Å². The van der Waals surface area contributed by atoms with E-state index in [1.54, 1.807) is 52.0 Å². The molecular formula is C28H37F2NO5. The molecule has 0 bridgehead atoms. The minimum atomic E-state index is -0.933. The predicted octanol–water partition coefficient (Wildman–Crippen LogP) is 5.96. The van der Waals surface area contributed by atoms with Gasteiger partial charge in [-0.25, -0.2) is 18.4 Å². The van der Waals surface area contributed by atoms with Crippen molar-refractivity contribution in [1.82, 2.24) is 5.32 Å². The van der Waals surface area contributed by atoms with Crippen molar-refractivity contribution in [3.05, 3.63) is 71.3 Å². The molecule has 0 saturated heterocycles. The van der Waals surface area contributed by atoms with Gasteiger partial charge in [-0.15, -0.1) is 0 Å². The number of esters is 1. The number of ether oxygens (including phenoxy) is 3. The van der Waals surface area contributed by atoms with Crippen molar-refractivity contribution in [3.63, 3.8) is 0 Å². The third-order valence-electron chi connectivity index (χ3n) is 5.74. The van der Waals surface area contributed by atoms with E-state index in [1.165, 1.54) is 31.2 Å². The molecule has 0 aliphatic rings. The van der Waals surface area contributed by atoms with Gasteiger partial charge >= 0.3 is 12.1 Å². The molecule has 0 unspecified atom stereocenters. The first kappa shape index (κ1) is 29.2. The molecular weight excluding hydrogens is 468 g/mol. The van der Waals surface area contributed by atoms with Crippen LogP contribution in [0.2, 0.25) is 0 Å². The van der Waals surface area contributed by atoms with Crippen molar-refractivity contribution >= 4 is 12.1 Å². The molecule has 0 aliphatic carbocycles. The van der Waals surface area contributed by atoms with Crippen LogP contribution in [0, 0.1) is 17.6 Å². The molecule has 8 heteroatoms. The molecule has 2 aromatic rings. The molecule has 1 N–H and O–H groups in total. The topological polar surface area (TPSA) is 73.9 Å². The fourth-order valence-corrected chi connectivity index (χ4v) is 3.72. The van der Waals surface area contributed by atoms with Gasteiger partial charge in [-0.3, -0.25) is 0 Å². The number of hydrogen-bond acceptors (Lipinski definition) is 5. The number of rotatable bonds is 10. The minimum Gasteiger partial charge on any atom is -0.461 e. The Kier molecular flexibility index (Phi) is 9.99. The molecule has 1 amide bonds. The van der Waals surface area contributed by atoms with Crippen LogP contribution < -0.4 is 5.32 Å². The molecule has 0 heterocycles. The van der Waals surface area contributed by atoms with E-state index in [9.17, 15) is 18.4 Å². The van der Waals surface area contributed by atoms with Gasteiger partial charge in [0, 0.05) is 5.92 Å². The largest absolute Gasteiger partial charge is 0.461 e. The highest BCUT2D eigenvalue weighted by atomic mass is 19.1. The van der Waals surface area contributed by atoms with Crippen LogP contribution in [0.15, 0.2) is 48.5 Å². The van der Waals surface area contributed by atoms with Gasteiger partial charge in [0.2, 0.25) is 0 Å². The highest BCUT2D eigenvalue weighted by Crippen LogP contribution is 2.31. The zero-order chi connectivity index (χ0) is 27.1. The van der Waals surface area contributed by atoms with E-state index in [4.69, 9.17) is 14.2 Å². The van der Waals surface area contributed by atoms with Crippen molar-refractivity contribution < 1.29 is 32.6 Å². The fraction of sp³-hybridized carbons (Fsp3) is 0.500. The second-order valence-electron chi connectivity index (χ2n) is 10.5. The van der Waals surface area contributed by atoms with Gasteiger partial charge in [-0.2, -0.15) is 0 Å². The van der Waals surface area contributed by atoms with Gasteiger partial charge < -0.3 is 19.5 Å². The number of carbonyl (C=O) groups is 2. The number of benzene rings is 2. The molecule has 2 aromatic carbocycles. The minimum absolute atomic E-state index is 0.227. The Hall–Kier alpha value is -3.00. The van der Waals surface area contributed by atoms with Crippen molar-refractivity contribution in [1.29, 1.82) is 0 Å². The smallest absolute Gasteiger partial charge is 0.408 e. The molecule has 3 atom stereocenters. The Bertz CT molecular complexity index is 1000. The Morgan fingerprint density at radius 3 is 1.86 bits per heavy atom. The Morgan fingerprint density at radius 2 is 1.36 bits per heavy atom. The number of carbonyl (C=O) groups excluding carboxylic acids is 2. The fourth-order valence-electron chi connectivity index (χ4n) is 3.72. The first-order chi connectivity index (χ1) is 16.7. The van der Waals surface area contributed by atoms with Gasteiger partial charge in [0.1, 0.15) is 29.4 Å². The van der Waals surface area contributed by atoms with E-state index in [-0.39, 0.29) is 24.2 Å². The maximum Gasteiger partial charge on any atom is 0.408 e. The van der Waals surface area contributed by atoms with Gasteiger partial charge in [-0.05, 0) is 90.3 Å². The number of alkyl carbamates (subject to hydrolysis) is 1. The average Bonchev–Trinajstić information content (AvgIpc) is 2.76. The lowest BCUT2D eigenvalue weighted by Gasteiger charge is -2.38. The summed E-state index contributed by atoms with van der Waals surface area (Å²) in [5.74, 6) is -1.63. The third kappa shape index (κ3) is 9.57. The molecule has 36 heavy (non-hydrogen) atoms. The van der Waals surface area contributed by atoms with E-state index >= 15 is 0 Å². The van der Waals surface area contributed by atoms with Crippen LogP contribution in [0.3, 0.4) is 0 Å². The molecule has 0 spiro atoms. The van der Waals surface area contributed by atoms with Crippen molar-refractivity contribution in [2.24, 2.45) is 5.92 Å². The average molecular weight is 506 g/mol. The molecule has 0 aliphatic heterocycles. The highest BCUT2D eigenvalue weighted by Gasteiger charge is 2.37. The van der Waals surface area contributed by atoms with Crippen molar-refractivity contribution in [2.75, 3.05) is 0 Å². The maximum absolute atomic E-state index is 13.5. The molecule has 2 rings (SSSR count). The second kappa shape index (κ2) is 12.3. The predicted molar refractivity (Wildman–Crippen MR) is 133 cm³/mol. The lowest BCUT2D eigenvalue weighted by molar-refractivity contribution is -0.162. The summed E-state index contributed by atoms with van der Waals surface area (Å²) in [5.41, 5.74) is 0.157. The summed E-state index contributed by atoms with van der Waals surface area (Å²) in [6.07, 6.45) is -0.891. The van der Waals surface area contributed by atoms with Crippen molar-refractivity contribution in [2.45, 2.75) is 84.8 Å². The van der Waals surface area contributed by atoms with Crippen LogP contribution in [0.4, 0.5) is 13.6 Å². The zero-order valence-corrected chi connectivity index (χ0v) is 22.1. The standard InChI is InChI=1S/C28H37F2NO5/c1-18(31-26(33)36-27(3,4)5)25(32)35-19(2)24(16-20-8-12-22(29)13-9-20)28(6,7)34-17-21-10-14-23(30)15-11-21/h8-15,18-19,24H,16-17H2,1-7H3,(H,31,33)/t18-,19-,24-/m0/s1. The monoisotopic (exact) mass is 505 g/mol. The zero-order valence-electron chi connectivity index (χ0n) is 22.1. The lowest BCUT2D eigenvalue weighted by atomic mass is 9.81. The number of amides is 1. The van der Waals surface area contributed by atoms with E-state index in [2.05, 4.69) is 5.32 Å². The Balaban J connectivity index is 2.15. The van der Waals surface area contributed by atoms with E-state index in [0.29, 0.717) is 6.42 Å². The van der Waals surface area contributed by atoms with Crippen LogP contribution in [-0.2, 0) is 32.0 Å². The van der Waals surface area contributed by atoms with E-state index < -0.39 is 35.4 Å². The summed E-state index contributed by atoms with van der Waals surface area (Å²) >= 11 is 0. The quantitative estimate of drug-likeness (QED) is 0.403. The SMILES string of the molecule is C[C@H](NC(=O)OC(C)(C)C)C(=O)O[C@@H](C)[C@H](Cc1ccc(F)cc1)C(C)(C)OCc1ccc(F)cc1. The summed E-state index contributed by atoms with van der Waals surface area (Å²) in [6, 6.07) is 11.2. The molecule has 0 saturated carbocycles.